The summed E-state index contributed by atoms with van der Waals surface area (Å²) in [6, 6.07) is 23.7. The molecule has 1 amide bonds. The third-order valence-electron chi connectivity index (χ3n) is 5.63. The highest BCUT2D eigenvalue weighted by Crippen LogP contribution is 2.43. The molecule has 2 N–H and O–H groups in total. The Kier molecular flexibility index (Phi) is 5.72. The Labute approximate surface area is 175 Å². The lowest BCUT2D eigenvalue weighted by Crippen LogP contribution is -2.36. The van der Waals surface area contributed by atoms with Gasteiger partial charge in [0.25, 0.3) is 0 Å². The van der Waals surface area contributed by atoms with Crippen LogP contribution in [0.5, 0.6) is 0 Å². The van der Waals surface area contributed by atoms with E-state index in [-0.39, 0.29) is 12.5 Å². The Hall–Kier alpha value is -3.31. The summed E-state index contributed by atoms with van der Waals surface area (Å²) in [4.78, 5) is 25.4. The average Bonchev–Trinajstić information content (AvgIpc) is 3.12. The standard InChI is InChI=1S/C25H23FN2O2/c26-22(29)14-12-17-11-13-20-16-28(24(25(27)30)21(20)15-17)23(18-7-3-1-4-8-18)19-9-5-2-6-10-19/h1-11,13,15,23-24H,12,14,16H2,(H2,27,30). The van der Waals surface area contributed by atoms with Crippen molar-refractivity contribution in [3.8, 4) is 0 Å². The van der Waals surface area contributed by atoms with Crippen LogP contribution in [-0.4, -0.2) is 16.8 Å². The predicted molar refractivity (Wildman–Crippen MR) is 113 cm³/mol. The average molecular weight is 402 g/mol. The minimum absolute atomic E-state index is 0.145. The number of hydrogen-bond acceptors (Lipinski definition) is 3. The van der Waals surface area contributed by atoms with Crippen LogP contribution in [0.4, 0.5) is 4.39 Å². The number of primary amides is 1. The summed E-state index contributed by atoms with van der Waals surface area (Å²) >= 11 is 0. The highest BCUT2D eigenvalue weighted by Gasteiger charge is 2.39. The van der Waals surface area contributed by atoms with E-state index in [0.29, 0.717) is 13.0 Å². The topological polar surface area (TPSA) is 63.4 Å². The maximum absolute atomic E-state index is 12.7. The van der Waals surface area contributed by atoms with Gasteiger partial charge in [-0.3, -0.25) is 14.5 Å². The van der Waals surface area contributed by atoms with E-state index < -0.39 is 18.0 Å². The molecule has 1 heterocycles. The molecule has 152 valence electrons. The Morgan fingerprint density at radius 2 is 1.57 bits per heavy atom. The molecule has 3 aromatic carbocycles. The highest BCUT2D eigenvalue weighted by molar-refractivity contribution is 5.83. The van der Waals surface area contributed by atoms with Crippen molar-refractivity contribution in [3.05, 3.63) is 107 Å². The molecular formula is C25H23FN2O2. The van der Waals surface area contributed by atoms with E-state index in [2.05, 4.69) is 29.2 Å². The van der Waals surface area contributed by atoms with E-state index in [1.54, 1.807) is 0 Å². The zero-order chi connectivity index (χ0) is 21.1. The first-order valence-electron chi connectivity index (χ1n) is 9.99. The van der Waals surface area contributed by atoms with Gasteiger partial charge in [0.2, 0.25) is 5.91 Å². The van der Waals surface area contributed by atoms with Gasteiger partial charge in [-0.25, -0.2) is 0 Å². The Bertz CT molecular complexity index is 1010. The lowest BCUT2D eigenvalue weighted by atomic mass is 9.95. The predicted octanol–water partition coefficient (Wildman–Crippen LogP) is 4.25. The Morgan fingerprint density at radius 3 is 2.10 bits per heavy atom. The summed E-state index contributed by atoms with van der Waals surface area (Å²) in [5.74, 6) is -0.427. The van der Waals surface area contributed by atoms with Gasteiger partial charge in [-0.15, -0.1) is 0 Å². The van der Waals surface area contributed by atoms with Crippen LogP contribution >= 0.6 is 0 Å². The molecule has 4 rings (SSSR count). The number of fused-ring (bicyclic) bond motifs is 1. The number of nitrogens with zero attached hydrogens (tertiary/aromatic N) is 1. The second-order valence-corrected chi connectivity index (χ2v) is 7.59. The van der Waals surface area contributed by atoms with Crippen molar-refractivity contribution in [1.82, 2.24) is 4.90 Å². The van der Waals surface area contributed by atoms with E-state index >= 15 is 0 Å². The number of benzene rings is 3. The molecule has 0 saturated carbocycles. The van der Waals surface area contributed by atoms with Crippen LogP contribution in [0.3, 0.4) is 0 Å². The maximum atomic E-state index is 12.7. The SMILES string of the molecule is NC(=O)C1c2cc(CCC(=O)F)ccc2CN1C(c1ccccc1)c1ccccc1. The van der Waals surface area contributed by atoms with Crippen molar-refractivity contribution in [3.63, 3.8) is 0 Å². The van der Waals surface area contributed by atoms with Crippen molar-refractivity contribution in [2.24, 2.45) is 5.73 Å². The van der Waals surface area contributed by atoms with Gasteiger partial charge >= 0.3 is 6.04 Å². The van der Waals surface area contributed by atoms with Crippen LogP contribution in [0.25, 0.3) is 0 Å². The second kappa shape index (κ2) is 8.59. The smallest absolute Gasteiger partial charge is 0.301 e. The van der Waals surface area contributed by atoms with Crippen molar-refractivity contribution in [2.45, 2.75) is 31.5 Å². The molecule has 4 nitrogen and oxygen atoms in total. The van der Waals surface area contributed by atoms with Gasteiger partial charge in [0.1, 0.15) is 6.04 Å². The minimum Gasteiger partial charge on any atom is -0.368 e. The number of halogens is 1. The monoisotopic (exact) mass is 402 g/mol. The molecule has 0 aromatic heterocycles. The summed E-state index contributed by atoms with van der Waals surface area (Å²) in [5.41, 5.74) is 10.7. The molecule has 3 aromatic rings. The maximum Gasteiger partial charge on any atom is 0.301 e. The van der Waals surface area contributed by atoms with Crippen LogP contribution in [0.15, 0.2) is 78.9 Å². The first kappa shape index (κ1) is 20.0. The van der Waals surface area contributed by atoms with Crippen LogP contribution in [0.2, 0.25) is 0 Å². The summed E-state index contributed by atoms with van der Waals surface area (Å²) in [6.45, 7) is 0.569. The molecule has 0 fully saturated rings. The largest absolute Gasteiger partial charge is 0.368 e. The highest BCUT2D eigenvalue weighted by atomic mass is 19.1. The molecule has 1 atom stereocenters. The number of carbonyl (C=O) groups is 2. The fourth-order valence-electron chi connectivity index (χ4n) is 4.31. The first-order chi connectivity index (χ1) is 14.5. The Balaban J connectivity index is 1.76. The molecule has 1 aliphatic heterocycles. The third-order valence-corrected chi connectivity index (χ3v) is 5.63. The van der Waals surface area contributed by atoms with Crippen LogP contribution < -0.4 is 5.73 Å². The molecule has 0 spiro atoms. The number of aryl methyl sites for hydroxylation is 1. The van der Waals surface area contributed by atoms with E-state index in [1.807, 2.05) is 54.6 Å². The molecule has 1 aliphatic rings. The summed E-state index contributed by atoms with van der Waals surface area (Å²) in [6.07, 6.45) is 0.134. The number of nitrogens with two attached hydrogens (primary N) is 1. The fraction of sp³-hybridized carbons (Fsp3) is 0.200. The van der Waals surface area contributed by atoms with Gasteiger partial charge in [-0.05, 0) is 34.2 Å². The molecule has 0 radical (unpaired) electrons. The molecule has 0 aliphatic carbocycles. The van der Waals surface area contributed by atoms with Gasteiger partial charge in [0, 0.05) is 13.0 Å². The normalized spacial score (nSPS) is 15.9. The zero-order valence-electron chi connectivity index (χ0n) is 16.5. The molecular weight excluding hydrogens is 379 g/mol. The minimum atomic E-state index is -1.34. The first-order valence-corrected chi connectivity index (χ1v) is 9.99. The quantitative estimate of drug-likeness (QED) is 0.601. The van der Waals surface area contributed by atoms with Crippen LogP contribution in [0.1, 0.15) is 46.3 Å². The van der Waals surface area contributed by atoms with Gasteiger partial charge < -0.3 is 5.73 Å². The lowest BCUT2D eigenvalue weighted by molar-refractivity contribution is -0.129. The molecule has 30 heavy (non-hydrogen) atoms. The number of carbonyl (C=O) groups excluding carboxylic acids is 2. The van der Waals surface area contributed by atoms with Gasteiger partial charge in [0.15, 0.2) is 0 Å². The van der Waals surface area contributed by atoms with E-state index in [9.17, 15) is 14.0 Å². The fourth-order valence-corrected chi connectivity index (χ4v) is 4.31. The number of hydrogen-bond donors (Lipinski definition) is 1. The van der Waals surface area contributed by atoms with Crippen molar-refractivity contribution in [1.29, 1.82) is 0 Å². The van der Waals surface area contributed by atoms with Gasteiger partial charge in [-0.2, -0.15) is 4.39 Å². The summed E-state index contributed by atoms with van der Waals surface area (Å²) in [5, 5.41) is 0. The number of amides is 1. The van der Waals surface area contributed by atoms with Gasteiger partial charge in [0.05, 0.1) is 6.04 Å². The van der Waals surface area contributed by atoms with E-state index in [1.165, 1.54) is 0 Å². The van der Waals surface area contributed by atoms with E-state index in [4.69, 9.17) is 5.73 Å². The molecule has 0 bridgehead atoms. The molecule has 5 heteroatoms. The Morgan fingerprint density at radius 1 is 0.967 bits per heavy atom. The van der Waals surface area contributed by atoms with Crippen molar-refractivity contribution >= 4 is 11.9 Å². The zero-order valence-corrected chi connectivity index (χ0v) is 16.5. The molecule has 1 unspecified atom stereocenters. The summed E-state index contributed by atoms with van der Waals surface area (Å²) in [7, 11) is 0. The number of rotatable bonds is 7. The molecule has 0 saturated heterocycles. The third kappa shape index (κ3) is 4.02. The van der Waals surface area contributed by atoms with E-state index in [0.717, 1.165) is 27.8 Å². The van der Waals surface area contributed by atoms with Gasteiger partial charge in [-0.1, -0.05) is 78.9 Å². The lowest BCUT2D eigenvalue weighted by Gasteiger charge is -2.32. The summed E-state index contributed by atoms with van der Waals surface area (Å²) < 4.78 is 12.7. The second-order valence-electron chi connectivity index (χ2n) is 7.59. The van der Waals surface area contributed by atoms with Crippen molar-refractivity contribution < 1.29 is 14.0 Å². The van der Waals surface area contributed by atoms with Crippen molar-refractivity contribution in [2.75, 3.05) is 0 Å². The van der Waals surface area contributed by atoms with Crippen LogP contribution in [-0.2, 0) is 22.6 Å². The van der Waals surface area contributed by atoms with Crippen LogP contribution in [0, 0.1) is 0 Å².